The second-order valence-electron chi connectivity index (χ2n) is 3.21. The molecule has 7 heteroatoms. The van der Waals surface area contributed by atoms with E-state index in [0.717, 1.165) is 0 Å². The highest BCUT2D eigenvalue weighted by Gasteiger charge is 2.10. The van der Waals surface area contributed by atoms with Gasteiger partial charge in [0.05, 0.1) is 23.9 Å². The van der Waals surface area contributed by atoms with Crippen molar-refractivity contribution in [3.63, 3.8) is 0 Å². The van der Waals surface area contributed by atoms with Gasteiger partial charge < -0.3 is 20.5 Å². The van der Waals surface area contributed by atoms with Crippen LogP contribution in [0.25, 0.3) is 0 Å². The first-order valence-corrected chi connectivity index (χ1v) is 5.47. The lowest BCUT2D eigenvalue weighted by atomic mass is 10.3. The van der Waals surface area contributed by atoms with Crippen molar-refractivity contribution in [2.45, 2.75) is 0 Å². The number of halogens is 2. The van der Waals surface area contributed by atoms with Crippen LogP contribution in [-0.2, 0) is 9.53 Å². The molecule has 5 nitrogen and oxygen atoms in total. The molecule has 0 aliphatic carbocycles. The number of carbonyl (C=O) groups is 1. The molecule has 0 aliphatic rings. The zero-order chi connectivity index (χ0) is 12.7. The molecule has 0 bridgehead atoms. The molecular formula is C11H16Cl2N2O3. The lowest BCUT2D eigenvalue weighted by molar-refractivity contribution is -0.114. The maximum Gasteiger partial charge on any atom is 0.238 e. The fraction of sp³-hybridized carbons (Fsp3) is 0.364. The number of methoxy groups -OCH3 is 1. The van der Waals surface area contributed by atoms with Crippen LogP contribution in [0.15, 0.2) is 18.2 Å². The van der Waals surface area contributed by atoms with E-state index in [-0.39, 0.29) is 24.9 Å². The van der Waals surface area contributed by atoms with Crippen LogP contribution in [0, 0.1) is 0 Å². The fourth-order valence-electron chi connectivity index (χ4n) is 1.18. The number of rotatable bonds is 6. The van der Waals surface area contributed by atoms with Gasteiger partial charge in [-0.3, -0.25) is 4.79 Å². The van der Waals surface area contributed by atoms with Gasteiger partial charge in [0.2, 0.25) is 5.91 Å². The van der Waals surface area contributed by atoms with Gasteiger partial charge in [-0.1, -0.05) is 17.7 Å². The summed E-state index contributed by atoms with van der Waals surface area (Å²) in [6.07, 6.45) is 0. The number of carbonyl (C=O) groups excluding carboxylic acids is 1. The number of para-hydroxylation sites is 1. The largest absolute Gasteiger partial charge is 0.487 e. The van der Waals surface area contributed by atoms with Gasteiger partial charge in [0.15, 0.2) is 5.75 Å². The van der Waals surface area contributed by atoms with Gasteiger partial charge in [0.25, 0.3) is 0 Å². The molecule has 1 rings (SSSR count). The molecular weight excluding hydrogens is 279 g/mol. The Balaban J connectivity index is 0.00000289. The average molecular weight is 295 g/mol. The van der Waals surface area contributed by atoms with Crippen molar-refractivity contribution >= 4 is 35.6 Å². The highest BCUT2D eigenvalue weighted by molar-refractivity contribution is 6.32. The van der Waals surface area contributed by atoms with Crippen LogP contribution >= 0.6 is 24.0 Å². The van der Waals surface area contributed by atoms with E-state index < -0.39 is 0 Å². The number of nitrogens with two attached hydrogens (primary N) is 1. The molecule has 0 heterocycles. The average Bonchev–Trinajstić information content (AvgIpc) is 2.32. The Labute approximate surface area is 117 Å². The van der Waals surface area contributed by atoms with Crippen LogP contribution in [0.5, 0.6) is 5.75 Å². The summed E-state index contributed by atoms with van der Waals surface area (Å²) in [6, 6.07) is 5.10. The van der Waals surface area contributed by atoms with E-state index in [9.17, 15) is 4.79 Å². The zero-order valence-corrected chi connectivity index (χ0v) is 11.5. The Morgan fingerprint density at radius 1 is 1.44 bits per heavy atom. The SMILES string of the molecule is COCCOc1c(Cl)cccc1NC(=O)CN.Cl. The van der Waals surface area contributed by atoms with Gasteiger partial charge in [-0.15, -0.1) is 12.4 Å². The molecule has 0 aliphatic heterocycles. The standard InChI is InChI=1S/C11H15ClN2O3.ClH/c1-16-5-6-17-11-8(12)3-2-4-9(11)14-10(15)7-13;/h2-4H,5-7,13H2,1H3,(H,14,15);1H. The van der Waals surface area contributed by atoms with Crippen LogP contribution < -0.4 is 15.8 Å². The minimum absolute atomic E-state index is 0. The predicted molar refractivity (Wildman–Crippen MR) is 73.8 cm³/mol. The van der Waals surface area contributed by atoms with Crippen molar-refractivity contribution in [1.82, 2.24) is 0 Å². The summed E-state index contributed by atoms with van der Waals surface area (Å²) >= 11 is 5.99. The molecule has 0 radical (unpaired) electrons. The molecule has 0 fully saturated rings. The first-order chi connectivity index (χ1) is 8.19. The van der Waals surface area contributed by atoms with Crippen molar-refractivity contribution in [3.8, 4) is 5.75 Å². The summed E-state index contributed by atoms with van der Waals surface area (Å²) in [5.41, 5.74) is 5.73. The molecule has 3 N–H and O–H groups in total. The molecule has 0 spiro atoms. The van der Waals surface area contributed by atoms with Gasteiger partial charge in [0.1, 0.15) is 6.61 Å². The number of ether oxygens (including phenoxy) is 2. The third-order valence-electron chi connectivity index (χ3n) is 1.96. The molecule has 0 saturated carbocycles. The van der Waals surface area contributed by atoms with Crippen molar-refractivity contribution in [3.05, 3.63) is 23.2 Å². The van der Waals surface area contributed by atoms with Crippen molar-refractivity contribution < 1.29 is 14.3 Å². The van der Waals surface area contributed by atoms with Crippen molar-refractivity contribution in [2.24, 2.45) is 5.73 Å². The van der Waals surface area contributed by atoms with E-state index in [1.54, 1.807) is 25.3 Å². The second kappa shape index (κ2) is 8.99. The topological polar surface area (TPSA) is 73.6 Å². The van der Waals surface area contributed by atoms with E-state index in [1.165, 1.54) is 0 Å². The van der Waals surface area contributed by atoms with Gasteiger partial charge in [-0.25, -0.2) is 0 Å². The number of amides is 1. The Kier molecular flexibility index (Phi) is 8.49. The van der Waals surface area contributed by atoms with E-state index in [1.807, 2.05) is 0 Å². The molecule has 0 unspecified atom stereocenters. The predicted octanol–water partition coefficient (Wildman–Crippen LogP) is 1.68. The molecule has 1 aromatic carbocycles. The quantitative estimate of drug-likeness (QED) is 0.783. The summed E-state index contributed by atoms with van der Waals surface area (Å²) in [6.45, 7) is 0.700. The third kappa shape index (κ3) is 5.10. The van der Waals surface area contributed by atoms with Crippen LogP contribution in [0.4, 0.5) is 5.69 Å². The highest BCUT2D eigenvalue weighted by Crippen LogP contribution is 2.32. The van der Waals surface area contributed by atoms with Crippen molar-refractivity contribution in [1.29, 1.82) is 0 Å². The Hall–Kier alpha value is -1.01. The molecule has 0 atom stereocenters. The summed E-state index contributed by atoms with van der Waals surface area (Å²) in [5, 5.41) is 3.04. The number of nitrogens with one attached hydrogen (secondary N) is 1. The molecule has 18 heavy (non-hydrogen) atoms. The minimum atomic E-state index is -0.302. The summed E-state index contributed by atoms with van der Waals surface area (Å²) in [4.78, 5) is 11.2. The number of hydrogen-bond donors (Lipinski definition) is 2. The molecule has 102 valence electrons. The van der Waals surface area contributed by atoms with E-state index in [4.69, 9.17) is 26.8 Å². The normalized spacial score (nSPS) is 9.50. The smallest absolute Gasteiger partial charge is 0.238 e. The van der Waals surface area contributed by atoms with E-state index in [2.05, 4.69) is 5.32 Å². The second-order valence-corrected chi connectivity index (χ2v) is 3.62. The highest BCUT2D eigenvalue weighted by atomic mass is 35.5. The van der Waals surface area contributed by atoms with Gasteiger partial charge >= 0.3 is 0 Å². The number of benzene rings is 1. The van der Waals surface area contributed by atoms with Crippen LogP contribution in [-0.4, -0.2) is 32.8 Å². The number of anilines is 1. The van der Waals surface area contributed by atoms with Gasteiger partial charge in [-0.2, -0.15) is 0 Å². The van der Waals surface area contributed by atoms with Crippen molar-refractivity contribution in [2.75, 3.05) is 32.2 Å². The number of hydrogen-bond acceptors (Lipinski definition) is 4. The Morgan fingerprint density at radius 3 is 2.78 bits per heavy atom. The zero-order valence-electron chi connectivity index (χ0n) is 9.94. The van der Waals surface area contributed by atoms with Crippen LogP contribution in [0.2, 0.25) is 5.02 Å². The maximum absolute atomic E-state index is 11.2. The van der Waals surface area contributed by atoms with E-state index >= 15 is 0 Å². The lowest BCUT2D eigenvalue weighted by Gasteiger charge is -2.13. The van der Waals surface area contributed by atoms with Gasteiger partial charge in [0, 0.05) is 7.11 Å². The fourth-order valence-corrected chi connectivity index (χ4v) is 1.41. The van der Waals surface area contributed by atoms with Crippen LogP contribution in [0.3, 0.4) is 0 Å². The third-order valence-corrected chi connectivity index (χ3v) is 2.26. The molecule has 0 aromatic heterocycles. The lowest BCUT2D eigenvalue weighted by Crippen LogP contribution is -2.22. The summed E-state index contributed by atoms with van der Waals surface area (Å²) in [7, 11) is 1.58. The van der Waals surface area contributed by atoms with E-state index in [0.29, 0.717) is 29.7 Å². The minimum Gasteiger partial charge on any atom is -0.487 e. The summed E-state index contributed by atoms with van der Waals surface area (Å²) in [5.74, 6) is 0.122. The maximum atomic E-state index is 11.2. The summed E-state index contributed by atoms with van der Waals surface area (Å²) < 4.78 is 10.3. The monoisotopic (exact) mass is 294 g/mol. The first kappa shape index (κ1) is 17.0. The first-order valence-electron chi connectivity index (χ1n) is 5.09. The molecule has 0 saturated heterocycles. The van der Waals surface area contributed by atoms with Crippen LogP contribution in [0.1, 0.15) is 0 Å². The Bertz CT molecular complexity index is 389. The Morgan fingerprint density at radius 2 is 2.17 bits per heavy atom. The van der Waals surface area contributed by atoms with Gasteiger partial charge in [-0.05, 0) is 12.1 Å². The molecule has 1 aromatic rings. The molecule has 1 amide bonds.